The summed E-state index contributed by atoms with van der Waals surface area (Å²) >= 11 is -0.497. The molecule has 13 heavy (non-hydrogen) atoms. The topological polar surface area (TPSA) is 51.6 Å². The minimum atomic E-state index is -0.497. The molecule has 0 amide bonds. The summed E-state index contributed by atoms with van der Waals surface area (Å²) in [5.74, 6) is 0. The minimum absolute atomic E-state index is 0.497. The van der Waals surface area contributed by atoms with Crippen LogP contribution in [0.1, 0.15) is 0 Å². The monoisotopic (exact) mass is 286 g/mol. The zero-order chi connectivity index (χ0) is 8.67. The molecule has 0 saturated carbocycles. The Labute approximate surface area is 83.6 Å². The molecule has 5 heteroatoms. The Kier molecular flexibility index (Phi) is 1.54. The number of nitrogens with zero attached hydrogens (tertiary/aromatic N) is 4. The molecule has 2 heterocycles. The van der Waals surface area contributed by atoms with E-state index >= 15 is 0 Å². The average molecular weight is 284 g/mol. The molecule has 0 saturated heterocycles. The summed E-state index contributed by atoms with van der Waals surface area (Å²) in [6, 6.07) is 3.91. The molecule has 1 aromatic carbocycles. The van der Waals surface area contributed by atoms with E-state index in [4.69, 9.17) is 0 Å². The fraction of sp³-hybridized carbons (Fsp3) is 0. The van der Waals surface area contributed by atoms with Crippen LogP contribution in [0.5, 0.6) is 0 Å². The summed E-state index contributed by atoms with van der Waals surface area (Å²) in [4.78, 5) is 8.54. The summed E-state index contributed by atoms with van der Waals surface area (Å²) < 4.78 is 5.31. The molecular formula is C8H4N4Te. The van der Waals surface area contributed by atoms with E-state index < -0.39 is 20.7 Å². The van der Waals surface area contributed by atoms with Crippen molar-refractivity contribution in [1.29, 1.82) is 0 Å². The normalized spacial score (nSPS) is 11.1. The molecule has 3 rings (SSSR count). The first-order valence-electron chi connectivity index (χ1n) is 3.77. The first-order chi connectivity index (χ1) is 6.45. The van der Waals surface area contributed by atoms with E-state index in [0.717, 1.165) is 16.6 Å². The van der Waals surface area contributed by atoms with Crippen molar-refractivity contribution in [2.24, 2.45) is 0 Å². The summed E-state index contributed by atoms with van der Waals surface area (Å²) in [6.07, 6.45) is 3.42. The molecule has 0 bridgehead atoms. The van der Waals surface area contributed by atoms with Gasteiger partial charge in [-0.15, -0.1) is 0 Å². The molecule has 0 fully saturated rings. The summed E-state index contributed by atoms with van der Waals surface area (Å²) in [5, 5.41) is 4.06. The number of fused-ring (bicyclic) bond motifs is 3. The first kappa shape index (κ1) is 7.36. The molecule has 0 aliphatic heterocycles. The van der Waals surface area contributed by atoms with Crippen LogP contribution in [0.15, 0.2) is 24.5 Å². The number of aromatic nitrogens is 4. The standard InChI is InChI=1S/C8H4N4Te/c1-2-6-8(13-12-11-6)7-5(1)9-3-4-10-7/h1-4H. The van der Waals surface area contributed by atoms with E-state index in [-0.39, 0.29) is 0 Å². The van der Waals surface area contributed by atoms with Gasteiger partial charge in [0.25, 0.3) is 0 Å². The second-order valence-corrected chi connectivity index (χ2v) is 4.76. The third kappa shape index (κ3) is 1.05. The average Bonchev–Trinajstić information content (AvgIpc) is 2.65. The molecule has 2 aromatic heterocycles. The fourth-order valence-electron chi connectivity index (χ4n) is 1.27. The maximum atomic E-state index is 4.30. The molecule has 3 aromatic rings. The third-order valence-corrected chi connectivity index (χ3v) is 3.99. The van der Waals surface area contributed by atoms with Gasteiger partial charge in [-0.05, 0) is 0 Å². The van der Waals surface area contributed by atoms with Crippen LogP contribution in [-0.2, 0) is 0 Å². The van der Waals surface area contributed by atoms with E-state index in [1.165, 1.54) is 3.40 Å². The van der Waals surface area contributed by atoms with Crippen molar-refractivity contribution < 1.29 is 0 Å². The van der Waals surface area contributed by atoms with E-state index in [1.807, 2.05) is 12.1 Å². The van der Waals surface area contributed by atoms with Crippen LogP contribution in [0.25, 0.3) is 20.0 Å². The Balaban J connectivity index is 2.65. The maximum absolute atomic E-state index is 4.30. The van der Waals surface area contributed by atoms with Gasteiger partial charge in [0.1, 0.15) is 0 Å². The van der Waals surface area contributed by atoms with E-state index in [1.54, 1.807) is 12.4 Å². The zero-order valence-corrected chi connectivity index (χ0v) is 8.84. The molecule has 4 nitrogen and oxygen atoms in total. The number of benzene rings is 1. The molecular weight excluding hydrogens is 280 g/mol. The molecule has 0 aliphatic rings. The van der Waals surface area contributed by atoms with Gasteiger partial charge in [0.05, 0.1) is 0 Å². The second kappa shape index (κ2) is 2.72. The molecule has 0 radical (unpaired) electrons. The van der Waals surface area contributed by atoms with Gasteiger partial charge in [-0.1, -0.05) is 0 Å². The quantitative estimate of drug-likeness (QED) is 0.568. The number of hydrogen-bond donors (Lipinski definition) is 0. The second-order valence-electron chi connectivity index (χ2n) is 2.61. The molecule has 0 aliphatic carbocycles. The van der Waals surface area contributed by atoms with Gasteiger partial charge >= 0.3 is 83.6 Å². The van der Waals surface area contributed by atoms with Crippen LogP contribution >= 0.6 is 0 Å². The predicted octanol–water partition coefficient (Wildman–Crippen LogP) is 0.630. The fourth-order valence-corrected chi connectivity index (χ4v) is 3.15. The zero-order valence-electron chi connectivity index (χ0n) is 6.51. The van der Waals surface area contributed by atoms with Gasteiger partial charge in [0, 0.05) is 0 Å². The van der Waals surface area contributed by atoms with E-state index in [0.29, 0.717) is 0 Å². The third-order valence-electron chi connectivity index (χ3n) is 1.85. The SMILES string of the molecule is c1cnc2c(ccc3nn[te]c32)n1. The van der Waals surface area contributed by atoms with Gasteiger partial charge in [-0.2, -0.15) is 0 Å². The predicted molar refractivity (Wildman–Crippen MR) is 49.6 cm³/mol. The van der Waals surface area contributed by atoms with Crippen molar-refractivity contribution in [3.8, 4) is 0 Å². The van der Waals surface area contributed by atoms with Crippen LogP contribution in [0.2, 0.25) is 0 Å². The van der Waals surface area contributed by atoms with Crippen molar-refractivity contribution >= 4 is 40.7 Å². The van der Waals surface area contributed by atoms with Crippen LogP contribution in [0, 0.1) is 0 Å². The van der Waals surface area contributed by atoms with Crippen molar-refractivity contribution in [2.45, 2.75) is 0 Å². The van der Waals surface area contributed by atoms with Crippen LogP contribution in [0.3, 0.4) is 0 Å². The van der Waals surface area contributed by atoms with Crippen LogP contribution in [-0.4, -0.2) is 39.1 Å². The van der Waals surface area contributed by atoms with Gasteiger partial charge in [-0.25, -0.2) is 0 Å². The van der Waals surface area contributed by atoms with Crippen LogP contribution < -0.4 is 0 Å². The van der Waals surface area contributed by atoms with Gasteiger partial charge < -0.3 is 0 Å². The molecule has 0 unspecified atom stereocenters. The Bertz CT molecular complexity index is 574. The summed E-state index contributed by atoms with van der Waals surface area (Å²) in [6.45, 7) is 0. The van der Waals surface area contributed by atoms with Crippen molar-refractivity contribution in [3.05, 3.63) is 24.5 Å². The number of rotatable bonds is 0. The Hall–Kier alpha value is -1.05. The van der Waals surface area contributed by atoms with E-state index in [9.17, 15) is 0 Å². The first-order valence-corrected chi connectivity index (χ1v) is 5.98. The summed E-state index contributed by atoms with van der Waals surface area (Å²) in [7, 11) is 0. The Morgan fingerprint density at radius 2 is 1.85 bits per heavy atom. The Morgan fingerprint density at radius 1 is 1.00 bits per heavy atom. The van der Waals surface area contributed by atoms with Crippen molar-refractivity contribution in [1.82, 2.24) is 18.4 Å². The van der Waals surface area contributed by atoms with Gasteiger partial charge in [0.2, 0.25) is 0 Å². The molecule has 62 valence electrons. The van der Waals surface area contributed by atoms with Crippen molar-refractivity contribution in [3.63, 3.8) is 0 Å². The summed E-state index contributed by atoms with van der Waals surface area (Å²) in [5.41, 5.74) is 2.90. The van der Waals surface area contributed by atoms with E-state index in [2.05, 4.69) is 18.4 Å². The van der Waals surface area contributed by atoms with Crippen LogP contribution in [0.4, 0.5) is 0 Å². The van der Waals surface area contributed by atoms with Crippen molar-refractivity contribution in [2.75, 3.05) is 0 Å². The Morgan fingerprint density at radius 3 is 2.85 bits per heavy atom. The molecule has 0 spiro atoms. The molecule has 0 N–H and O–H groups in total. The van der Waals surface area contributed by atoms with Gasteiger partial charge in [0.15, 0.2) is 0 Å². The molecule has 0 atom stereocenters. The number of hydrogen-bond acceptors (Lipinski definition) is 4. The van der Waals surface area contributed by atoms with Gasteiger partial charge in [-0.3, -0.25) is 0 Å².